The average molecular weight is 602 g/mol. The zero-order chi connectivity index (χ0) is 30.7. The van der Waals surface area contributed by atoms with Crippen molar-refractivity contribution in [3.05, 3.63) is 90.8 Å². The van der Waals surface area contributed by atoms with E-state index in [1.54, 1.807) is 26.4 Å². The maximum Gasteiger partial charge on any atom is 0.294 e. The Labute approximate surface area is 250 Å². The van der Waals surface area contributed by atoms with Gasteiger partial charge in [0.2, 0.25) is 0 Å². The maximum absolute atomic E-state index is 10.8. The molecule has 0 amide bonds. The second kappa shape index (κ2) is 14.9. The fraction of sp³-hybridized carbons (Fsp3) is 0.188. The first-order valence-corrected chi connectivity index (χ1v) is 14.6. The molecule has 1 aromatic heterocycles. The summed E-state index contributed by atoms with van der Waals surface area (Å²) in [7, 11) is -0.844. The monoisotopic (exact) mass is 601 g/mol. The Hall–Kier alpha value is -4.73. The van der Waals surface area contributed by atoms with Gasteiger partial charge in [-0.2, -0.15) is 8.42 Å². The third-order valence-electron chi connectivity index (χ3n) is 6.10. The van der Waals surface area contributed by atoms with E-state index >= 15 is 0 Å². The molecule has 0 aliphatic rings. The lowest BCUT2D eigenvalue weighted by Gasteiger charge is -2.15. The molecule has 0 fully saturated rings. The van der Waals surface area contributed by atoms with Crippen molar-refractivity contribution in [1.82, 2.24) is 9.97 Å². The predicted octanol–water partition coefficient (Wildman–Crippen LogP) is 5.49. The van der Waals surface area contributed by atoms with Crippen LogP contribution in [0.15, 0.2) is 90.1 Å². The van der Waals surface area contributed by atoms with E-state index in [2.05, 4.69) is 21.2 Å². The van der Waals surface area contributed by atoms with Crippen molar-refractivity contribution in [2.45, 2.75) is 4.90 Å². The van der Waals surface area contributed by atoms with Crippen LogP contribution in [0.4, 0.5) is 11.5 Å². The summed E-state index contributed by atoms with van der Waals surface area (Å²) in [6.07, 6.45) is 6.99. The van der Waals surface area contributed by atoms with Crippen LogP contribution in [0.2, 0.25) is 0 Å². The number of nitrogens with one attached hydrogen (secondary N) is 1. The fourth-order valence-corrected chi connectivity index (χ4v) is 4.53. The van der Waals surface area contributed by atoms with Crippen molar-refractivity contribution in [3.63, 3.8) is 0 Å². The van der Waals surface area contributed by atoms with Gasteiger partial charge in [-0.3, -0.25) is 4.55 Å². The number of aromatic nitrogens is 2. The lowest BCUT2D eigenvalue weighted by Crippen LogP contribution is -2.09. The molecule has 0 bridgehead atoms. The van der Waals surface area contributed by atoms with Gasteiger partial charge in [-0.1, -0.05) is 42.3 Å². The average Bonchev–Trinajstić information content (AvgIpc) is 3.01. The van der Waals surface area contributed by atoms with Gasteiger partial charge in [-0.15, -0.1) is 6.42 Å². The molecule has 0 aliphatic heterocycles. The Morgan fingerprint density at radius 2 is 1.51 bits per heavy atom. The smallest absolute Gasteiger partial charge is 0.294 e. The van der Waals surface area contributed by atoms with Crippen LogP contribution in [0.3, 0.4) is 0 Å². The van der Waals surface area contributed by atoms with Crippen molar-refractivity contribution in [2.24, 2.45) is 0 Å². The van der Waals surface area contributed by atoms with Crippen LogP contribution in [0.5, 0.6) is 11.5 Å². The minimum Gasteiger partial charge on any atom is -0.487 e. The summed E-state index contributed by atoms with van der Waals surface area (Å²) >= 11 is 0. The lowest BCUT2D eigenvalue weighted by atomic mass is 10.1. The number of ether oxygens (including phenoxy) is 4. The van der Waals surface area contributed by atoms with Crippen LogP contribution in [0.25, 0.3) is 21.7 Å². The molecular weight excluding hydrogens is 570 g/mol. The van der Waals surface area contributed by atoms with Gasteiger partial charge in [-0.05, 0) is 47.2 Å². The zero-order valence-electron chi connectivity index (χ0n) is 23.7. The summed E-state index contributed by atoms with van der Waals surface area (Å²) in [5, 5.41) is 5.84. The SMILES string of the molecule is C#Cc1cccc(Nc2ncnc3cc(OCCOC)c(OCCOC)cc23)c1.O=S(=O)(O)c1ccc2ccccc2c1. The molecule has 43 heavy (non-hydrogen) atoms. The molecule has 2 N–H and O–H groups in total. The molecule has 0 spiro atoms. The third kappa shape index (κ3) is 8.64. The number of terminal acetylenes is 1. The third-order valence-corrected chi connectivity index (χ3v) is 6.95. The van der Waals surface area contributed by atoms with Crippen molar-refractivity contribution in [3.8, 4) is 23.8 Å². The second-order valence-electron chi connectivity index (χ2n) is 9.06. The zero-order valence-corrected chi connectivity index (χ0v) is 24.5. The molecule has 222 valence electrons. The number of anilines is 2. The minimum absolute atomic E-state index is 0.0730. The summed E-state index contributed by atoms with van der Waals surface area (Å²) in [5.41, 5.74) is 2.34. The number of hydrogen-bond donors (Lipinski definition) is 2. The van der Waals surface area contributed by atoms with Crippen LogP contribution in [0.1, 0.15) is 5.56 Å². The van der Waals surface area contributed by atoms with E-state index in [9.17, 15) is 8.42 Å². The molecule has 4 aromatic carbocycles. The summed E-state index contributed by atoms with van der Waals surface area (Å²) < 4.78 is 52.3. The Balaban J connectivity index is 0.000000251. The maximum atomic E-state index is 10.8. The van der Waals surface area contributed by atoms with Crippen molar-refractivity contribution in [1.29, 1.82) is 0 Å². The standard InChI is InChI=1S/C22H23N3O4.C10H8O3S/c1-4-16-6-5-7-17(12-16)25-22-18-13-20(28-10-8-26-2)21(29-11-9-27-3)14-19(18)23-15-24-22;11-14(12,13)10-6-5-8-3-1-2-4-9(8)7-10/h1,5-7,12-15H,8-11H2,2-3H3,(H,23,24,25);1-7H,(H,11,12,13). The topological polar surface area (TPSA) is 129 Å². The van der Waals surface area contributed by atoms with Gasteiger partial charge in [-0.25, -0.2) is 9.97 Å². The quantitative estimate of drug-likeness (QED) is 0.114. The summed E-state index contributed by atoms with van der Waals surface area (Å²) in [6.45, 7) is 1.73. The molecule has 5 aromatic rings. The first-order valence-electron chi connectivity index (χ1n) is 13.1. The number of nitrogens with zero attached hydrogens (tertiary/aromatic N) is 2. The Kier molecular flexibility index (Phi) is 10.9. The van der Waals surface area contributed by atoms with Crippen LogP contribution in [-0.2, 0) is 19.6 Å². The molecular formula is C32H31N3O7S. The summed E-state index contributed by atoms with van der Waals surface area (Å²) in [4.78, 5) is 8.68. The number of fused-ring (bicyclic) bond motifs is 2. The largest absolute Gasteiger partial charge is 0.487 e. The van der Waals surface area contributed by atoms with Crippen LogP contribution < -0.4 is 14.8 Å². The van der Waals surface area contributed by atoms with Crippen LogP contribution in [0, 0.1) is 12.3 Å². The number of methoxy groups -OCH3 is 2. The molecule has 0 aliphatic carbocycles. The highest BCUT2D eigenvalue weighted by Gasteiger charge is 2.13. The van der Waals surface area contributed by atoms with Gasteiger partial charge < -0.3 is 24.3 Å². The molecule has 10 nitrogen and oxygen atoms in total. The van der Waals surface area contributed by atoms with Gasteiger partial charge in [0.1, 0.15) is 25.4 Å². The second-order valence-corrected chi connectivity index (χ2v) is 10.5. The molecule has 0 saturated heterocycles. The van der Waals surface area contributed by atoms with Gasteiger partial charge in [0.25, 0.3) is 10.1 Å². The lowest BCUT2D eigenvalue weighted by molar-refractivity contribution is 0.132. The number of benzene rings is 4. The Bertz CT molecular complexity index is 1840. The van der Waals surface area contributed by atoms with Crippen LogP contribution in [-0.4, -0.2) is 63.6 Å². The van der Waals surface area contributed by atoms with E-state index in [-0.39, 0.29) is 4.90 Å². The number of hydrogen-bond acceptors (Lipinski definition) is 9. The summed E-state index contributed by atoms with van der Waals surface area (Å²) in [5.74, 6) is 4.44. The van der Waals surface area contributed by atoms with E-state index < -0.39 is 10.1 Å². The number of rotatable bonds is 11. The summed E-state index contributed by atoms with van der Waals surface area (Å²) in [6, 6.07) is 23.1. The normalized spacial score (nSPS) is 10.9. The highest BCUT2D eigenvalue weighted by atomic mass is 32.2. The van der Waals surface area contributed by atoms with E-state index in [0.717, 1.165) is 32.9 Å². The van der Waals surface area contributed by atoms with E-state index in [1.165, 1.54) is 18.5 Å². The van der Waals surface area contributed by atoms with Crippen molar-refractivity contribution in [2.75, 3.05) is 46.0 Å². The van der Waals surface area contributed by atoms with Gasteiger partial charge in [0.05, 0.1) is 23.6 Å². The Morgan fingerprint density at radius 1 is 0.814 bits per heavy atom. The Morgan fingerprint density at radius 3 is 2.19 bits per heavy atom. The molecule has 5 rings (SSSR count). The van der Waals surface area contributed by atoms with E-state index in [0.29, 0.717) is 43.7 Å². The fourth-order valence-electron chi connectivity index (χ4n) is 4.01. The molecule has 0 unspecified atom stereocenters. The first-order chi connectivity index (χ1) is 20.8. The highest BCUT2D eigenvalue weighted by Crippen LogP contribution is 2.35. The van der Waals surface area contributed by atoms with Gasteiger partial charge in [0.15, 0.2) is 11.5 Å². The molecule has 1 heterocycles. The predicted molar refractivity (Wildman–Crippen MR) is 166 cm³/mol. The molecule has 0 radical (unpaired) electrons. The van der Waals surface area contributed by atoms with Crippen LogP contribution >= 0.6 is 0 Å². The van der Waals surface area contributed by atoms with Gasteiger partial charge >= 0.3 is 0 Å². The molecule has 0 atom stereocenters. The van der Waals surface area contributed by atoms with E-state index in [4.69, 9.17) is 29.9 Å². The molecule has 0 saturated carbocycles. The van der Waals surface area contributed by atoms with Gasteiger partial charge in [0, 0.05) is 36.9 Å². The minimum atomic E-state index is -4.09. The first kappa shape index (κ1) is 31.2. The molecule has 11 heteroatoms. The van der Waals surface area contributed by atoms with Crippen molar-refractivity contribution >= 4 is 43.3 Å². The van der Waals surface area contributed by atoms with E-state index in [1.807, 2.05) is 54.6 Å². The van der Waals surface area contributed by atoms with Crippen molar-refractivity contribution < 1.29 is 31.9 Å². The highest BCUT2D eigenvalue weighted by molar-refractivity contribution is 7.85.